The van der Waals surface area contributed by atoms with Crippen molar-refractivity contribution < 1.29 is 9.18 Å². The lowest BCUT2D eigenvalue weighted by molar-refractivity contribution is 0.0939. The van der Waals surface area contributed by atoms with E-state index in [0.29, 0.717) is 16.6 Å². The normalized spacial score (nSPS) is 11.8. The Kier molecular flexibility index (Phi) is 7.49. The Labute approximate surface area is 239 Å². The number of nitrogens with zero attached hydrogens (tertiary/aromatic N) is 7. The van der Waals surface area contributed by atoms with E-state index in [9.17, 15) is 14.0 Å². The van der Waals surface area contributed by atoms with E-state index < -0.39 is 23.3 Å². The predicted octanol–water partition coefficient (Wildman–Crippen LogP) is 3.35. The quantitative estimate of drug-likeness (QED) is 0.240. The highest BCUT2D eigenvalue weighted by molar-refractivity contribution is 6.03. The van der Waals surface area contributed by atoms with Crippen molar-refractivity contribution in [1.82, 2.24) is 34.4 Å². The maximum atomic E-state index is 14.4. The first-order valence-electron chi connectivity index (χ1n) is 12.8. The number of halogens is 1. The molecule has 42 heavy (non-hydrogen) atoms. The lowest BCUT2D eigenvalue weighted by Crippen LogP contribution is -2.33. The molecule has 1 amide bonds. The fourth-order valence-electron chi connectivity index (χ4n) is 4.49. The zero-order chi connectivity index (χ0) is 30.0. The number of hydrogen-bond donors (Lipinski definition) is 2. The summed E-state index contributed by atoms with van der Waals surface area (Å²) in [5.41, 5.74) is 7.31. The van der Waals surface area contributed by atoms with Gasteiger partial charge in [0.25, 0.3) is 11.5 Å². The Morgan fingerprint density at radius 1 is 1.21 bits per heavy atom. The number of hydrogen-bond acceptors (Lipinski definition) is 7. The molecule has 11 nitrogen and oxygen atoms in total. The lowest BCUT2D eigenvalue weighted by atomic mass is 10.1. The van der Waals surface area contributed by atoms with Crippen molar-refractivity contribution in [2.24, 2.45) is 19.1 Å². The molecule has 5 rings (SSSR count). The third-order valence-corrected chi connectivity index (χ3v) is 6.34. The van der Waals surface area contributed by atoms with E-state index in [4.69, 9.17) is 10.7 Å². The number of anilines is 1. The molecule has 0 spiro atoms. The van der Waals surface area contributed by atoms with Crippen LogP contribution in [-0.2, 0) is 14.1 Å². The summed E-state index contributed by atoms with van der Waals surface area (Å²) in [7, 11) is 3.39. The Balaban J connectivity index is 1.65. The van der Waals surface area contributed by atoms with E-state index in [1.165, 1.54) is 39.7 Å². The van der Waals surface area contributed by atoms with Crippen LogP contribution >= 0.6 is 0 Å². The topological polar surface area (TPSA) is 138 Å². The summed E-state index contributed by atoms with van der Waals surface area (Å²) < 4.78 is 18.6. The molecule has 2 aromatic carbocycles. The molecule has 1 unspecified atom stereocenters. The SMILES string of the molecule is C=C/C=N\c1c(C(=O)NC(C)c2nc3cccc(C#Cc4cnn(C)c4)c3c(=O)n2-c2cccc(F)c2)c(N)nn1C. The number of carbonyl (C=O) groups excluding carboxylic acids is 1. The van der Waals surface area contributed by atoms with Crippen molar-refractivity contribution in [2.45, 2.75) is 13.0 Å². The number of benzene rings is 2. The van der Waals surface area contributed by atoms with Crippen LogP contribution in [0.5, 0.6) is 0 Å². The average Bonchev–Trinajstić information content (AvgIpc) is 3.50. The number of aryl methyl sites for hydroxylation is 2. The smallest absolute Gasteiger partial charge is 0.267 e. The second kappa shape index (κ2) is 11.3. The minimum Gasteiger partial charge on any atom is -0.381 e. The van der Waals surface area contributed by atoms with Gasteiger partial charge in [-0.1, -0.05) is 36.6 Å². The van der Waals surface area contributed by atoms with Crippen LogP contribution in [0.4, 0.5) is 16.0 Å². The molecule has 5 aromatic rings. The zero-order valence-corrected chi connectivity index (χ0v) is 23.0. The van der Waals surface area contributed by atoms with Gasteiger partial charge in [-0.15, -0.1) is 0 Å². The largest absolute Gasteiger partial charge is 0.381 e. The minimum atomic E-state index is -0.834. The van der Waals surface area contributed by atoms with Gasteiger partial charge in [-0.3, -0.25) is 18.8 Å². The van der Waals surface area contributed by atoms with Gasteiger partial charge in [0.2, 0.25) is 0 Å². The highest BCUT2D eigenvalue weighted by Gasteiger charge is 2.25. The van der Waals surface area contributed by atoms with Crippen molar-refractivity contribution in [3.63, 3.8) is 0 Å². The second-order valence-electron chi connectivity index (χ2n) is 9.36. The molecule has 3 heterocycles. The molecular weight excluding hydrogens is 537 g/mol. The van der Waals surface area contributed by atoms with Crippen molar-refractivity contribution in [3.05, 3.63) is 106 Å². The van der Waals surface area contributed by atoms with Crippen molar-refractivity contribution in [1.29, 1.82) is 0 Å². The van der Waals surface area contributed by atoms with Gasteiger partial charge in [-0.05, 0) is 37.3 Å². The van der Waals surface area contributed by atoms with Gasteiger partial charge >= 0.3 is 0 Å². The molecule has 0 radical (unpaired) electrons. The minimum absolute atomic E-state index is 0.0239. The number of amides is 1. The Hall–Kier alpha value is -5.83. The number of nitrogens with two attached hydrogens (primary N) is 1. The van der Waals surface area contributed by atoms with Gasteiger partial charge in [-0.25, -0.2) is 19.0 Å². The number of rotatable bonds is 6. The molecule has 0 aliphatic rings. The van der Waals surface area contributed by atoms with E-state index in [1.807, 2.05) is 0 Å². The number of aromatic nitrogens is 6. The molecule has 12 heteroatoms. The molecule has 3 aromatic heterocycles. The monoisotopic (exact) mass is 563 g/mol. The summed E-state index contributed by atoms with van der Waals surface area (Å²) in [6.45, 7) is 5.26. The van der Waals surface area contributed by atoms with E-state index >= 15 is 0 Å². The second-order valence-corrected chi connectivity index (χ2v) is 9.36. The number of nitrogen functional groups attached to an aromatic ring is 1. The van der Waals surface area contributed by atoms with Crippen LogP contribution in [0.3, 0.4) is 0 Å². The Bertz CT molecular complexity index is 2010. The van der Waals surface area contributed by atoms with Gasteiger partial charge in [-0.2, -0.15) is 10.2 Å². The van der Waals surface area contributed by atoms with Crippen LogP contribution in [0, 0.1) is 17.7 Å². The van der Waals surface area contributed by atoms with Crippen LogP contribution < -0.4 is 16.6 Å². The summed E-state index contributed by atoms with van der Waals surface area (Å²) in [6, 6.07) is 9.87. The summed E-state index contributed by atoms with van der Waals surface area (Å²) in [4.78, 5) is 36.5. The standard InChI is InChI=1S/C30H26FN9O2/c1-5-14-33-28-25(26(32)37-39(28)4)29(41)35-18(2)27-36-23-11-6-8-20(13-12-19-16-34-38(3)17-19)24(23)30(42)40(27)22-10-7-9-21(31)15-22/h5-11,14-18H,1H2,2-4H3,(H2,32,37)(H,35,41)/b33-14-. The lowest BCUT2D eigenvalue weighted by Gasteiger charge is -2.20. The highest BCUT2D eigenvalue weighted by Crippen LogP contribution is 2.26. The van der Waals surface area contributed by atoms with Gasteiger partial charge in [0.1, 0.15) is 17.2 Å². The van der Waals surface area contributed by atoms with Gasteiger partial charge < -0.3 is 11.1 Å². The zero-order valence-electron chi connectivity index (χ0n) is 23.0. The molecule has 3 N–H and O–H groups in total. The maximum absolute atomic E-state index is 14.4. The van der Waals surface area contributed by atoms with Crippen LogP contribution in [0.15, 0.2) is 77.3 Å². The predicted molar refractivity (Wildman–Crippen MR) is 158 cm³/mol. The van der Waals surface area contributed by atoms with Crippen molar-refractivity contribution in [3.8, 4) is 17.5 Å². The number of fused-ring (bicyclic) bond motifs is 1. The van der Waals surface area contributed by atoms with Gasteiger partial charge in [0.05, 0.1) is 34.4 Å². The number of allylic oxidation sites excluding steroid dienone is 1. The van der Waals surface area contributed by atoms with Gasteiger partial charge in [0.15, 0.2) is 11.6 Å². The van der Waals surface area contributed by atoms with Crippen LogP contribution in [0.2, 0.25) is 0 Å². The van der Waals surface area contributed by atoms with Gasteiger partial charge in [0, 0.05) is 32.1 Å². The summed E-state index contributed by atoms with van der Waals surface area (Å²) in [5.74, 6) is 5.30. The molecular formula is C30H26FN9O2. The first-order valence-corrected chi connectivity index (χ1v) is 12.8. The van der Waals surface area contributed by atoms with Crippen LogP contribution in [-0.4, -0.2) is 41.2 Å². The Morgan fingerprint density at radius 3 is 2.71 bits per heavy atom. The molecule has 0 saturated heterocycles. The van der Waals surface area contributed by atoms with E-state index in [2.05, 4.69) is 38.9 Å². The molecule has 0 saturated carbocycles. The van der Waals surface area contributed by atoms with Crippen LogP contribution in [0.25, 0.3) is 16.6 Å². The first kappa shape index (κ1) is 27.7. The number of carbonyl (C=O) groups is 1. The molecule has 0 fully saturated rings. The summed E-state index contributed by atoms with van der Waals surface area (Å²) >= 11 is 0. The molecule has 0 bridgehead atoms. The fraction of sp³-hybridized carbons (Fsp3) is 0.133. The third kappa shape index (κ3) is 5.31. The van der Waals surface area contributed by atoms with Crippen molar-refractivity contribution in [2.75, 3.05) is 5.73 Å². The fourth-order valence-corrected chi connectivity index (χ4v) is 4.49. The highest BCUT2D eigenvalue weighted by atomic mass is 19.1. The van der Waals surface area contributed by atoms with Crippen LogP contribution in [0.1, 0.15) is 40.3 Å². The number of nitrogens with one attached hydrogen (secondary N) is 1. The van der Waals surface area contributed by atoms with E-state index in [1.54, 1.807) is 62.4 Å². The van der Waals surface area contributed by atoms with E-state index in [-0.39, 0.29) is 34.1 Å². The Morgan fingerprint density at radius 2 is 2.00 bits per heavy atom. The molecule has 0 aliphatic heterocycles. The molecule has 210 valence electrons. The summed E-state index contributed by atoms with van der Waals surface area (Å²) in [5, 5.41) is 11.3. The average molecular weight is 564 g/mol. The van der Waals surface area contributed by atoms with Crippen molar-refractivity contribution >= 4 is 34.7 Å². The third-order valence-electron chi connectivity index (χ3n) is 6.34. The maximum Gasteiger partial charge on any atom is 0.267 e. The first-order chi connectivity index (χ1) is 20.2. The number of aliphatic imine (C=N–C) groups is 1. The molecule has 1 atom stereocenters. The summed E-state index contributed by atoms with van der Waals surface area (Å²) in [6.07, 6.45) is 6.25. The van der Waals surface area contributed by atoms with E-state index in [0.717, 1.165) is 0 Å². The molecule has 0 aliphatic carbocycles.